The van der Waals surface area contributed by atoms with E-state index in [0.29, 0.717) is 43.4 Å². The molecule has 0 aliphatic heterocycles. The van der Waals surface area contributed by atoms with Gasteiger partial charge in [0.05, 0.1) is 29.1 Å². The van der Waals surface area contributed by atoms with Crippen LogP contribution in [0.5, 0.6) is 0 Å². The number of aliphatic hydroxyl groups excluding tert-OH is 1. The summed E-state index contributed by atoms with van der Waals surface area (Å²) in [6.45, 7) is 18.4. The third-order valence-electron chi connectivity index (χ3n) is 12.0. The second-order valence-corrected chi connectivity index (χ2v) is 17.8. The third kappa shape index (κ3) is 6.28. The van der Waals surface area contributed by atoms with Crippen LogP contribution in [0, 0.1) is 34.0 Å². The van der Waals surface area contributed by atoms with Crippen molar-refractivity contribution in [3.05, 3.63) is 52.0 Å². The molecule has 3 fully saturated rings. The molecule has 252 valence electrons. The smallest absolute Gasteiger partial charge is 0.316 e. The number of Topliss-reactive ketones (excluding diaryl/α,β-unsaturated/α-hetero) is 1. The topological polar surface area (TPSA) is 111 Å². The molecule has 0 saturated heterocycles. The normalized spacial score (nSPS) is 34.5. The van der Waals surface area contributed by atoms with E-state index in [0.717, 1.165) is 23.7 Å². The fourth-order valence-corrected chi connectivity index (χ4v) is 10.0. The Bertz CT molecular complexity index is 1560. The highest BCUT2D eigenvalue weighted by Crippen LogP contribution is 2.68. The summed E-state index contributed by atoms with van der Waals surface area (Å²) >= 11 is 4.95. The maximum Gasteiger partial charge on any atom is 0.316 e. The standard InChI is InChI=1S/C36H50BrN3O5S/c1-8-34(6)18-28(35(7)22(2)11-13-36(23(3)31(34)43)14-12-27(41)30(35)36)45-29(42)19-46-33(4,5)20-38-15-16-40-21-39-26-10-9-24(37)17-25(26)32(40)44/h8-10,17,21-23,28,30-31,38,43H,1,11-16,18-20H2,2-7H3/t22-,23+,28-,30+,31+,34-,35+,36+/m1/s1. The summed E-state index contributed by atoms with van der Waals surface area (Å²) in [6, 6.07) is 5.49. The highest BCUT2D eigenvalue weighted by Gasteiger charge is 2.68. The van der Waals surface area contributed by atoms with Gasteiger partial charge in [0.2, 0.25) is 0 Å². The van der Waals surface area contributed by atoms with Gasteiger partial charge in [0.1, 0.15) is 11.9 Å². The average molecular weight is 717 g/mol. The number of nitrogens with one attached hydrogen (secondary N) is 1. The summed E-state index contributed by atoms with van der Waals surface area (Å²) in [5, 5.41) is 15.8. The Morgan fingerprint density at radius 1 is 1.28 bits per heavy atom. The van der Waals surface area contributed by atoms with Crippen LogP contribution in [0.4, 0.5) is 0 Å². The van der Waals surface area contributed by atoms with Gasteiger partial charge in [-0.3, -0.25) is 19.0 Å². The van der Waals surface area contributed by atoms with Gasteiger partial charge in [-0.1, -0.05) is 49.7 Å². The molecule has 1 heterocycles. The molecular formula is C36H50BrN3O5S. The monoisotopic (exact) mass is 715 g/mol. The van der Waals surface area contributed by atoms with E-state index < -0.39 is 23.0 Å². The van der Waals surface area contributed by atoms with Crippen LogP contribution in [-0.2, 0) is 20.9 Å². The highest BCUT2D eigenvalue weighted by molar-refractivity contribution is 9.10. The van der Waals surface area contributed by atoms with Crippen molar-refractivity contribution in [2.24, 2.45) is 34.0 Å². The molecule has 0 radical (unpaired) electrons. The Morgan fingerprint density at radius 2 is 2.02 bits per heavy atom. The lowest BCUT2D eigenvalue weighted by atomic mass is 9.44. The van der Waals surface area contributed by atoms with Crippen molar-refractivity contribution >= 4 is 50.3 Å². The number of benzene rings is 1. The SMILES string of the molecule is C=C[C@]1(C)C[C@@H](OC(=O)CSC(C)(C)CNCCn2cnc3ccc(Br)cc3c2=O)[C@]2(C)[C@H](C)CC[C@]3(CCC(=O)[C@H]32)[C@@H](C)[C@@H]1O. The minimum Gasteiger partial charge on any atom is -0.461 e. The molecule has 0 unspecified atom stereocenters. The van der Waals surface area contributed by atoms with Gasteiger partial charge in [-0.2, -0.15) is 0 Å². The Balaban J connectivity index is 1.23. The van der Waals surface area contributed by atoms with E-state index in [1.54, 1.807) is 17.0 Å². The van der Waals surface area contributed by atoms with Crippen molar-refractivity contribution in [1.29, 1.82) is 0 Å². The number of rotatable bonds is 10. The van der Waals surface area contributed by atoms with Crippen molar-refractivity contribution in [3.8, 4) is 0 Å². The zero-order chi connectivity index (χ0) is 33.7. The third-order valence-corrected chi connectivity index (χ3v) is 13.8. The Kier molecular flexibility index (Phi) is 10.1. The first kappa shape index (κ1) is 35.3. The first-order valence-corrected chi connectivity index (χ1v) is 18.4. The quantitative estimate of drug-likeness (QED) is 0.171. The average Bonchev–Trinajstić information content (AvgIpc) is 3.37. The van der Waals surface area contributed by atoms with Crippen LogP contribution < -0.4 is 10.9 Å². The Labute approximate surface area is 285 Å². The number of halogens is 1. The van der Waals surface area contributed by atoms with E-state index in [1.165, 1.54) is 11.8 Å². The predicted octanol–water partition coefficient (Wildman–Crippen LogP) is 6.17. The maximum absolute atomic E-state index is 13.6. The van der Waals surface area contributed by atoms with Crippen LogP contribution in [0.15, 0.2) is 46.4 Å². The molecular weight excluding hydrogens is 666 g/mol. The number of hydrogen-bond donors (Lipinski definition) is 2. The van der Waals surface area contributed by atoms with Gasteiger partial charge in [0.15, 0.2) is 0 Å². The predicted molar refractivity (Wildman–Crippen MR) is 188 cm³/mol. The number of ketones is 1. The molecule has 8 nitrogen and oxygen atoms in total. The summed E-state index contributed by atoms with van der Waals surface area (Å²) < 4.78 is 8.59. The molecule has 0 spiro atoms. The number of hydrogen-bond acceptors (Lipinski definition) is 8. The van der Waals surface area contributed by atoms with E-state index in [1.807, 2.05) is 25.1 Å². The molecule has 2 aromatic rings. The summed E-state index contributed by atoms with van der Waals surface area (Å²) in [4.78, 5) is 44.5. The molecule has 2 N–H and O–H groups in total. The van der Waals surface area contributed by atoms with Crippen LogP contribution in [0.3, 0.4) is 0 Å². The van der Waals surface area contributed by atoms with Gasteiger partial charge in [-0.05, 0) is 75.0 Å². The van der Waals surface area contributed by atoms with Gasteiger partial charge in [0, 0.05) is 52.0 Å². The number of carbonyl (C=O) groups excluding carboxylic acids is 2. The molecule has 0 amide bonds. The number of thioether (sulfide) groups is 1. The highest BCUT2D eigenvalue weighted by atomic mass is 79.9. The second-order valence-electron chi connectivity index (χ2n) is 15.2. The van der Waals surface area contributed by atoms with Crippen molar-refractivity contribution in [2.45, 2.75) is 97.1 Å². The molecule has 5 rings (SSSR count). The van der Waals surface area contributed by atoms with E-state index in [4.69, 9.17) is 4.74 Å². The number of esters is 1. The molecule has 10 heteroatoms. The van der Waals surface area contributed by atoms with Crippen LogP contribution in [0.1, 0.15) is 73.6 Å². The first-order valence-electron chi connectivity index (χ1n) is 16.6. The molecule has 3 aliphatic rings. The van der Waals surface area contributed by atoms with Gasteiger partial charge in [0.25, 0.3) is 5.56 Å². The van der Waals surface area contributed by atoms with Crippen LogP contribution in [0.25, 0.3) is 10.9 Å². The summed E-state index contributed by atoms with van der Waals surface area (Å²) in [7, 11) is 0. The number of fused-ring (bicyclic) bond motifs is 1. The van der Waals surface area contributed by atoms with E-state index >= 15 is 0 Å². The van der Waals surface area contributed by atoms with E-state index in [2.05, 4.69) is 67.4 Å². The summed E-state index contributed by atoms with van der Waals surface area (Å²) in [6.07, 6.45) is 5.82. The Hall–Kier alpha value is -2.01. The van der Waals surface area contributed by atoms with Crippen LogP contribution >= 0.6 is 27.7 Å². The molecule has 1 aromatic carbocycles. The molecule has 1 aromatic heterocycles. The summed E-state index contributed by atoms with van der Waals surface area (Å²) in [5.74, 6) is 0.0343. The molecule has 8 atom stereocenters. The number of carbonyl (C=O) groups is 2. The van der Waals surface area contributed by atoms with E-state index in [9.17, 15) is 19.5 Å². The number of aromatic nitrogens is 2. The number of ether oxygens (including phenoxy) is 1. The first-order chi connectivity index (χ1) is 21.6. The summed E-state index contributed by atoms with van der Waals surface area (Å²) in [5.41, 5.74) is -0.872. The molecule has 3 saturated carbocycles. The molecule has 2 bridgehead atoms. The van der Waals surface area contributed by atoms with Crippen molar-refractivity contribution in [3.63, 3.8) is 0 Å². The zero-order valence-electron chi connectivity index (χ0n) is 28.1. The van der Waals surface area contributed by atoms with Gasteiger partial charge in [-0.25, -0.2) is 4.98 Å². The minimum absolute atomic E-state index is 0.0578. The maximum atomic E-state index is 13.6. The van der Waals surface area contributed by atoms with Gasteiger partial charge < -0.3 is 15.2 Å². The zero-order valence-corrected chi connectivity index (χ0v) is 30.5. The molecule has 46 heavy (non-hydrogen) atoms. The van der Waals surface area contributed by atoms with Crippen molar-refractivity contribution in [2.75, 3.05) is 18.8 Å². The Morgan fingerprint density at radius 3 is 2.74 bits per heavy atom. The number of nitrogens with zero attached hydrogens (tertiary/aromatic N) is 2. The lowest BCUT2D eigenvalue weighted by Gasteiger charge is -2.61. The van der Waals surface area contributed by atoms with Gasteiger partial charge >= 0.3 is 5.97 Å². The minimum atomic E-state index is -0.681. The lowest BCUT2D eigenvalue weighted by molar-refractivity contribution is -0.205. The fraction of sp³-hybridized carbons (Fsp3) is 0.667. The van der Waals surface area contributed by atoms with E-state index in [-0.39, 0.29) is 51.0 Å². The van der Waals surface area contributed by atoms with Crippen molar-refractivity contribution in [1.82, 2.24) is 14.9 Å². The number of aliphatic hydroxyl groups is 1. The fourth-order valence-electron chi connectivity index (χ4n) is 8.88. The lowest BCUT2D eigenvalue weighted by Crippen LogP contribution is -2.63. The van der Waals surface area contributed by atoms with Gasteiger partial charge in [-0.15, -0.1) is 18.3 Å². The van der Waals surface area contributed by atoms with Crippen LogP contribution in [-0.4, -0.2) is 62.2 Å². The molecule has 3 aliphatic carbocycles. The van der Waals surface area contributed by atoms with Crippen LogP contribution in [0.2, 0.25) is 0 Å². The largest absolute Gasteiger partial charge is 0.461 e. The second kappa shape index (κ2) is 13.1. The van der Waals surface area contributed by atoms with Crippen molar-refractivity contribution < 1.29 is 19.4 Å².